The third-order valence-electron chi connectivity index (χ3n) is 9.48. The normalized spacial score (nSPS) is 12.9. The number of para-hydroxylation sites is 2. The van der Waals surface area contributed by atoms with Crippen molar-refractivity contribution in [3.05, 3.63) is 103 Å². The zero-order chi connectivity index (χ0) is 42.9. The molecular formula is C45H58ClN3O8S2. The maximum absolute atomic E-state index is 14.0. The molecule has 0 saturated heterocycles. The predicted octanol–water partition coefficient (Wildman–Crippen LogP) is 10.9. The number of unbranched alkanes of at least 4 members (excludes halogenated alkanes) is 11. The van der Waals surface area contributed by atoms with Gasteiger partial charge in [0.1, 0.15) is 16.4 Å². The lowest BCUT2D eigenvalue weighted by Crippen LogP contribution is -2.54. The topological polar surface area (TPSA) is 157 Å². The van der Waals surface area contributed by atoms with Gasteiger partial charge in [0, 0.05) is 17.2 Å². The average molecular weight is 869 g/mol. The summed E-state index contributed by atoms with van der Waals surface area (Å²) in [5.41, 5.74) is -1.25. The molecule has 59 heavy (non-hydrogen) atoms. The van der Waals surface area contributed by atoms with Crippen molar-refractivity contribution in [3.63, 3.8) is 0 Å². The maximum atomic E-state index is 14.0. The Morgan fingerprint density at radius 1 is 0.627 bits per heavy atom. The number of carbonyl (C=O) groups is 2. The number of amides is 1. The molecule has 1 atom stereocenters. The molecular weight excluding hydrogens is 810 g/mol. The molecule has 0 aliphatic heterocycles. The fraction of sp³-hybridized carbons (Fsp3) is 0.422. The van der Waals surface area contributed by atoms with Crippen molar-refractivity contribution in [2.45, 2.75) is 120 Å². The van der Waals surface area contributed by atoms with Gasteiger partial charge in [0.2, 0.25) is 5.78 Å². The van der Waals surface area contributed by atoms with Crippen LogP contribution < -0.4 is 24.2 Å². The van der Waals surface area contributed by atoms with Gasteiger partial charge in [-0.05, 0) is 55.0 Å². The van der Waals surface area contributed by atoms with Crippen molar-refractivity contribution in [3.8, 4) is 11.5 Å². The Labute approximate surface area is 355 Å². The molecule has 0 bridgehead atoms. The van der Waals surface area contributed by atoms with Crippen LogP contribution in [0.4, 0.5) is 17.1 Å². The summed E-state index contributed by atoms with van der Waals surface area (Å²) < 4.78 is 72.1. The number of hydrogen-bond donors (Lipinski definition) is 3. The molecule has 0 spiro atoms. The quantitative estimate of drug-likeness (QED) is 0.0337. The second kappa shape index (κ2) is 22.1. The SMILES string of the molecule is CCCCCCCCCCCCCCOc1ccccc1S(=O)(=O)Nc1ccc(OC(Cl)(C(=O)Nc2ccccc2)C(=O)C(C)(C)C)cc1NS(=O)(=O)c1ccccc1. The largest absolute Gasteiger partial charge is 0.492 e. The molecule has 0 aromatic heterocycles. The van der Waals surface area contributed by atoms with Crippen molar-refractivity contribution < 1.29 is 35.9 Å². The third-order valence-corrected chi connectivity index (χ3v) is 12.7. The first kappa shape index (κ1) is 47.1. The summed E-state index contributed by atoms with van der Waals surface area (Å²) in [7, 11) is -8.68. The van der Waals surface area contributed by atoms with Gasteiger partial charge in [-0.25, -0.2) is 16.8 Å². The van der Waals surface area contributed by atoms with Crippen LogP contribution in [-0.4, -0.2) is 40.2 Å². The second-order valence-electron chi connectivity index (χ2n) is 15.5. The van der Waals surface area contributed by atoms with Crippen molar-refractivity contribution in [2.24, 2.45) is 5.41 Å². The van der Waals surface area contributed by atoms with Gasteiger partial charge < -0.3 is 14.8 Å². The van der Waals surface area contributed by atoms with Crippen LogP contribution in [0, 0.1) is 5.41 Å². The minimum atomic E-state index is -4.38. The minimum absolute atomic E-state index is 0.103. The summed E-state index contributed by atoms with van der Waals surface area (Å²) in [6.45, 7) is 7.27. The van der Waals surface area contributed by atoms with Crippen LogP contribution in [0.25, 0.3) is 0 Å². The van der Waals surface area contributed by atoms with Gasteiger partial charge in [0.05, 0.1) is 22.9 Å². The summed E-state index contributed by atoms with van der Waals surface area (Å²) in [5, 5.41) is -0.0123. The number of halogens is 1. The van der Waals surface area contributed by atoms with Gasteiger partial charge in [0.25, 0.3) is 26.0 Å². The molecule has 320 valence electrons. The van der Waals surface area contributed by atoms with Crippen molar-refractivity contribution in [1.82, 2.24) is 0 Å². The Morgan fingerprint density at radius 2 is 1.15 bits per heavy atom. The van der Waals surface area contributed by atoms with Crippen LogP contribution >= 0.6 is 11.6 Å². The highest BCUT2D eigenvalue weighted by molar-refractivity contribution is 7.93. The number of Topliss-reactive ketones (excluding diaryl/α,β-unsaturated/α-hetero) is 1. The highest BCUT2D eigenvalue weighted by Crippen LogP contribution is 2.37. The molecule has 0 aliphatic rings. The average Bonchev–Trinajstić information content (AvgIpc) is 3.20. The third kappa shape index (κ3) is 14.3. The van der Waals surface area contributed by atoms with E-state index in [1.165, 1.54) is 93.8 Å². The van der Waals surface area contributed by atoms with Crippen molar-refractivity contribution >= 4 is 60.4 Å². The van der Waals surface area contributed by atoms with Crippen LogP contribution in [0.5, 0.6) is 11.5 Å². The Hall–Kier alpha value is -4.59. The Morgan fingerprint density at radius 3 is 1.75 bits per heavy atom. The van der Waals surface area contributed by atoms with Gasteiger partial charge in [-0.15, -0.1) is 0 Å². The molecule has 4 aromatic carbocycles. The van der Waals surface area contributed by atoms with Crippen LogP contribution in [0.15, 0.2) is 113 Å². The van der Waals surface area contributed by atoms with E-state index < -0.39 is 42.2 Å². The number of sulfonamides is 2. The van der Waals surface area contributed by atoms with Crippen LogP contribution in [0.1, 0.15) is 105 Å². The van der Waals surface area contributed by atoms with E-state index in [0.29, 0.717) is 12.3 Å². The summed E-state index contributed by atoms with van der Waals surface area (Å²) >= 11 is 6.80. The number of nitrogens with one attached hydrogen (secondary N) is 3. The molecule has 0 radical (unpaired) electrons. The molecule has 14 heteroatoms. The van der Waals surface area contributed by atoms with E-state index in [-0.39, 0.29) is 32.7 Å². The smallest absolute Gasteiger partial charge is 0.320 e. The monoisotopic (exact) mass is 867 g/mol. The highest BCUT2D eigenvalue weighted by atomic mass is 35.5. The lowest BCUT2D eigenvalue weighted by molar-refractivity contribution is -0.144. The molecule has 0 saturated carbocycles. The summed E-state index contributed by atoms with van der Waals surface area (Å²) in [6.07, 6.45) is 14.2. The molecule has 3 N–H and O–H groups in total. The predicted molar refractivity (Wildman–Crippen MR) is 236 cm³/mol. The number of hydrogen-bond acceptors (Lipinski definition) is 8. The second-order valence-corrected chi connectivity index (χ2v) is 19.4. The standard InChI is InChI=1S/C45H58ClN3O8S2/c1-5-6-7-8-9-10-11-12-13-14-15-24-33-56-40-29-22-23-30-41(40)59(54,55)48-38-32-31-36(34-39(38)49-58(52,53)37-27-20-17-21-28-37)57-45(46,42(50)44(2,3)4)43(51)47-35-25-18-16-19-26-35/h16-23,25-32,34,48-49H,5-15,24,33H2,1-4H3,(H,47,51). The van der Waals surface area contributed by atoms with Crippen LogP contribution in [0.3, 0.4) is 0 Å². The molecule has 0 heterocycles. The molecule has 0 fully saturated rings. The number of anilines is 3. The van der Waals surface area contributed by atoms with E-state index in [4.69, 9.17) is 21.1 Å². The first-order chi connectivity index (χ1) is 28.1. The van der Waals surface area contributed by atoms with Gasteiger partial charge in [-0.1, -0.05) is 158 Å². The Kier molecular flexibility index (Phi) is 17.7. The molecule has 4 rings (SSSR count). The summed E-state index contributed by atoms with van der Waals surface area (Å²) in [4.78, 5) is 27.2. The van der Waals surface area contributed by atoms with Gasteiger partial charge in [-0.3, -0.25) is 19.0 Å². The minimum Gasteiger partial charge on any atom is -0.492 e. The highest BCUT2D eigenvalue weighted by Gasteiger charge is 2.51. The lowest BCUT2D eigenvalue weighted by atomic mass is 9.86. The summed E-state index contributed by atoms with van der Waals surface area (Å²) in [6, 6.07) is 25.7. The van der Waals surface area contributed by atoms with Crippen LogP contribution in [-0.2, 0) is 29.6 Å². The number of rotatable bonds is 25. The van der Waals surface area contributed by atoms with Crippen LogP contribution in [0.2, 0.25) is 0 Å². The van der Waals surface area contributed by atoms with E-state index in [2.05, 4.69) is 21.7 Å². The first-order valence-electron chi connectivity index (χ1n) is 20.3. The van der Waals surface area contributed by atoms with Gasteiger partial charge >= 0.3 is 5.06 Å². The number of alkyl halides is 1. The summed E-state index contributed by atoms with van der Waals surface area (Å²) in [5.74, 6) is -1.83. The molecule has 11 nitrogen and oxygen atoms in total. The molecule has 1 unspecified atom stereocenters. The zero-order valence-corrected chi connectivity index (χ0v) is 36.9. The number of benzene rings is 4. The maximum Gasteiger partial charge on any atom is 0.320 e. The first-order valence-corrected chi connectivity index (χ1v) is 23.7. The van der Waals surface area contributed by atoms with Crippen molar-refractivity contribution in [1.29, 1.82) is 0 Å². The fourth-order valence-electron chi connectivity index (χ4n) is 6.25. The van der Waals surface area contributed by atoms with E-state index in [1.807, 2.05) is 0 Å². The van der Waals surface area contributed by atoms with Gasteiger partial charge in [0.15, 0.2) is 0 Å². The number of ether oxygens (including phenoxy) is 2. The Bertz CT molecular complexity index is 2180. The zero-order valence-electron chi connectivity index (χ0n) is 34.5. The lowest BCUT2D eigenvalue weighted by Gasteiger charge is -2.31. The molecule has 4 aromatic rings. The van der Waals surface area contributed by atoms with E-state index in [0.717, 1.165) is 31.7 Å². The number of carbonyl (C=O) groups excluding carboxylic acids is 2. The van der Waals surface area contributed by atoms with Crippen molar-refractivity contribution in [2.75, 3.05) is 21.4 Å². The molecule has 0 aliphatic carbocycles. The van der Waals surface area contributed by atoms with E-state index >= 15 is 0 Å². The number of ketones is 1. The van der Waals surface area contributed by atoms with Gasteiger partial charge in [-0.2, -0.15) is 0 Å². The Balaban J connectivity index is 1.54. The fourth-order valence-corrected chi connectivity index (χ4v) is 8.99. The van der Waals surface area contributed by atoms with E-state index in [9.17, 15) is 26.4 Å². The molecule has 1 amide bonds. The van der Waals surface area contributed by atoms with E-state index in [1.54, 1.807) is 75.4 Å².